The Kier molecular flexibility index (Phi) is 3.84. The molecule has 2 aromatic rings. The second-order valence-corrected chi connectivity index (χ2v) is 7.41. The Labute approximate surface area is 152 Å². The molecule has 3 aliphatic rings. The number of carbonyl (C=O) groups is 1. The van der Waals surface area contributed by atoms with Gasteiger partial charge in [-0.15, -0.1) is 0 Å². The number of fused-ring (bicyclic) bond motifs is 2. The fourth-order valence-electron chi connectivity index (χ4n) is 3.96. The van der Waals surface area contributed by atoms with E-state index in [1.807, 2.05) is 23.1 Å². The lowest BCUT2D eigenvalue weighted by Gasteiger charge is -2.20. The van der Waals surface area contributed by atoms with Crippen molar-refractivity contribution in [2.24, 2.45) is 0 Å². The molecule has 1 amide bonds. The number of nitrogens with zero attached hydrogens (tertiary/aromatic N) is 2. The molecule has 136 valence electrons. The van der Waals surface area contributed by atoms with Crippen LogP contribution in [0.5, 0.6) is 11.5 Å². The molecular formula is C20H23N3O3. The first-order chi connectivity index (χ1) is 12.8. The highest BCUT2D eigenvalue weighted by molar-refractivity contribution is 5.76. The van der Waals surface area contributed by atoms with Gasteiger partial charge in [0.2, 0.25) is 12.7 Å². The number of benzene rings is 1. The Bertz CT molecular complexity index is 841. The first-order valence-corrected chi connectivity index (χ1v) is 9.50. The van der Waals surface area contributed by atoms with Crippen LogP contribution >= 0.6 is 0 Å². The van der Waals surface area contributed by atoms with Crippen molar-refractivity contribution in [3.8, 4) is 11.5 Å². The van der Waals surface area contributed by atoms with Gasteiger partial charge in [0.1, 0.15) is 0 Å². The van der Waals surface area contributed by atoms with E-state index in [0.29, 0.717) is 12.3 Å². The maximum Gasteiger partial charge on any atom is 0.231 e. The third-order valence-electron chi connectivity index (χ3n) is 5.63. The van der Waals surface area contributed by atoms with Crippen molar-refractivity contribution < 1.29 is 14.3 Å². The third kappa shape index (κ3) is 2.93. The molecular weight excluding hydrogens is 330 g/mol. The van der Waals surface area contributed by atoms with E-state index in [9.17, 15) is 4.79 Å². The minimum Gasteiger partial charge on any atom is -0.454 e. The number of rotatable bonds is 4. The topological polar surface area (TPSA) is 67.5 Å². The van der Waals surface area contributed by atoms with Gasteiger partial charge in [-0.3, -0.25) is 9.89 Å². The quantitative estimate of drug-likeness (QED) is 0.917. The number of aryl methyl sites for hydroxylation is 1. The predicted octanol–water partition coefficient (Wildman–Crippen LogP) is 2.58. The van der Waals surface area contributed by atoms with E-state index in [0.717, 1.165) is 49.4 Å². The lowest BCUT2D eigenvalue weighted by molar-refractivity contribution is -0.131. The van der Waals surface area contributed by atoms with Crippen molar-refractivity contribution in [1.29, 1.82) is 0 Å². The number of aromatic nitrogens is 2. The molecule has 1 N–H and O–H groups in total. The molecule has 0 radical (unpaired) electrons. The van der Waals surface area contributed by atoms with Gasteiger partial charge in [0.05, 0.1) is 5.69 Å². The van der Waals surface area contributed by atoms with Crippen LogP contribution in [0.2, 0.25) is 0 Å². The number of H-pyrrole nitrogens is 1. The summed E-state index contributed by atoms with van der Waals surface area (Å²) in [4.78, 5) is 14.7. The van der Waals surface area contributed by atoms with Crippen molar-refractivity contribution in [3.63, 3.8) is 0 Å². The normalized spacial score (nSPS) is 18.5. The summed E-state index contributed by atoms with van der Waals surface area (Å²) in [6, 6.07) is 5.92. The molecule has 1 aromatic carbocycles. The SMILES string of the molecule is O=C(CCc1ccc2c(c1)OCO2)N1CCc2[nH]nc(C3CC3)c2CC1. The van der Waals surface area contributed by atoms with E-state index in [1.54, 1.807) is 0 Å². The van der Waals surface area contributed by atoms with E-state index in [-0.39, 0.29) is 12.7 Å². The second kappa shape index (κ2) is 6.34. The molecule has 0 saturated heterocycles. The Morgan fingerprint density at radius 3 is 2.92 bits per heavy atom. The average molecular weight is 353 g/mol. The third-order valence-corrected chi connectivity index (χ3v) is 5.63. The van der Waals surface area contributed by atoms with Crippen LogP contribution in [0, 0.1) is 0 Å². The molecule has 2 aliphatic heterocycles. The van der Waals surface area contributed by atoms with E-state index < -0.39 is 0 Å². The lowest BCUT2D eigenvalue weighted by Crippen LogP contribution is -2.33. The van der Waals surface area contributed by atoms with Crippen molar-refractivity contribution in [1.82, 2.24) is 15.1 Å². The number of aromatic amines is 1. The first-order valence-electron chi connectivity index (χ1n) is 9.50. The molecule has 1 aliphatic carbocycles. The van der Waals surface area contributed by atoms with Gasteiger partial charge in [0.25, 0.3) is 0 Å². The monoisotopic (exact) mass is 353 g/mol. The van der Waals surface area contributed by atoms with Crippen LogP contribution in [0.4, 0.5) is 0 Å². The molecule has 6 heteroatoms. The Morgan fingerprint density at radius 2 is 2.04 bits per heavy atom. The van der Waals surface area contributed by atoms with Crippen LogP contribution in [-0.2, 0) is 24.1 Å². The standard InChI is InChI=1S/C20H23N3O3/c24-19(6-2-13-1-5-17-18(11-13)26-12-25-17)23-9-7-15-16(8-10-23)21-22-20(15)14-3-4-14/h1,5,11,14H,2-4,6-10,12H2,(H,21,22). The van der Waals surface area contributed by atoms with E-state index in [2.05, 4.69) is 10.2 Å². The Balaban J connectivity index is 1.20. The zero-order chi connectivity index (χ0) is 17.5. The second-order valence-electron chi connectivity index (χ2n) is 7.41. The molecule has 26 heavy (non-hydrogen) atoms. The number of carbonyl (C=O) groups excluding carboxylic acids is 1. The highest BCUT2D eigenvalue weighted by Crippen LogP contribution is 2.41. The van der Waals surface area contributed by atoms with Crippen LogP contribution in [0.3, 0.4) is 0 Å². The molecule has 0 bridgehead atoms. The van der Waals surface area contributed by atoms with Gasteiger partial charge in [-0.25, -0.2) is 0 Å². The molecule has 5 rings (SSSR count). The van der Waals surface area contributed by atoms with E-state index in [4.69, 9.17) is 9.47 Å². The van der Waals surface area contributed by atoms with Gasteiger partial charge in [-0.2, -0.15) is 5.10 Å². The molecule has 6 nitrogen and oxygen atoms in total. The Morgan fingerprint density at radius 1 is 1.19 bits per heavy atom. The largest absolute Gasteiger partial charge is 0.454 e. The van der Waals surface area contributed by atoms with Crippen LogP contribution in [0.25, 0.3) is 0 Å². The molecule has 3 heterocycles. The number of ether oxygens (including phenoxy) is 2. The zero-order valence-electron chi connectivity index (χ0n) is 14.8. The van der Waals surface area contributed by atoms with Crippen LogP contribution in [-0.4, -0.2) is 40.9 Å². The molecule has 0 unspecified atom stereocenters. The summed E-state index contributed by atoms with van der Waals surface area (Å²) in [7, 11) is 0. The summed E-state index contributed by atoms with van der Waals surface area (Å²) in [5.74, 6) is 2.45. The van der Waals surface area contributed by atoms with Gasteiger partial charge in [-0.05, 0) is 48.9 Å². The van der Waals surface area contributed by atoms with Gasteiger partial charge in [0, 0.05) is 37.5 Å². The smallest absolute Gasteiger partial charge is 0.231 e. The van der Waals surface area contributed by atoms with E-state index >= 15 is 0 Å². The predicted molar refractivity (Wildman–Crippen MR) is 95.4 cm³/mol. The van der Waals surface area contributed by atoms with E-state index in [1.165, 1.54) is 29.8 Å². The molecule has 0 atom stereocenters. The number of nitrogens with one attached hydrogen (secondary N) is 1. The van der Waals surface area contributed by atoms with Crippen LogP contribution in [0.15, 0.2) is 18.2 Å². The minimum absolute atomic E-state index is 0.230. The lowest BCUT2D eigenvalue weighted by atomic mass is 10.1. The summed E-state index contributed by atoms with van der Waals surface area (Å²) in [5.41, 5.74) is 4.98. The van der Waals surface area contributed by atoms with Crippen molar-refractivity contribution in [2.45, 2.75) is 44.4 Å². The number of hydrogen-bond acceptors (Lipinski definition) is 4. The number of amides is 1. The van der Waals surface area contributed by atoms with Gasteiger partial charge in [-0.1, -0.05) is 6.07 Å². The van der Waals surface area contributed by atoms with Crippen molar-refractivity contribution in [3.05, 3.63) is 40.7 Å². The van der Waals surface area contributed by atoms with Crippen LogP contribution < -0.4 is 9.47 Å². The highest BCUT2D eigenvalue weighted by atomic mass is 16.7. The minimum atomic E-state index is 0.230. The van der Waals surface area contributed by atoms with Gasteiger partial charge in [0.15, 0.2) is 11.5 Å². The van der Waals surface area contributed by atoms with Crippen LogP contribution in [0.1, 0.15) is 47.7 Å². The number of hydrogen-bond donors (Lipinski definition) is 1. The highest BCUT2D eigenvalue weighted by Gasteiger charge is 2.31. The molecule has 1 fully saturated rings. The average Bonchev–Trinajstić information content (AvgIpc) is 3.32. The molecule has 0 spiro atoms. The van der Waals surface area contributed by atoms with Crippen molar-refractivity contribution in [2.75, 3.05) is 19.9 Å². The maximum atomic E-state index is 12.7. The summed E-state index contributed by atoms with van der Waals surface area (Å²) >= 11 is 0. The maximum absolute atomic E-state index is 12.7. The van der Waals surface area contributed by atoms with Crippen molar-refractivity contribution >= 4 is 5.91 Å². The molecule has 1 aromatic heterocycles. The Hall–Kier alpha value is -2.50. The summed E-state index contributed by atoms with van der Waals surface area (Å²) < 4.78 is 10.8. The first kappa shape index (κ1) is 15.7. The summed E-state index contributed by atoms with van der Waals surface area (Å²) in [6.45, 7) is 1.86. The van der Waals surface area contributed by atoms with Gasteiger partial charge >= 0.3 is 0 Å². The fourth-order valence-corrected chi connectivity index (χ4v) is 3.96. The molecule has 1 saturated carbocycles. The zero-order valence-corrected chi connectivity index (χ0v) is 14.8. The van der Waals surface area contributed by atoms with Gasteiger partial charge < -0.3 is 14.4 Å². The fraction of sp³-hybridized carbons (Fsp3) is 0.500. The summed E-state index contributed by atoms with van der Waals surface area (Å²) in [6.07, 6.45) is 5.58. The summed E-state index contributed by atoms with van der Waals surface area (Å²) in [5, 5.41) is 7.74.